The van der Waals surface area contributed by atoms with Crippen LogP contribution < -0.4 is 0 Å². The molecule has 1 fully saturated rings. The standard InChI is InChI=1S/C16H15F3O3/c17-16(18,19)12-8-5-11(6-9-12)7-10-15(21)22-14-4-2-1-3-13(14)20/h5-10,14H,1-4H2/b10-7+. The van der Waals surface area contributed by atoms with Crippen molar-refractivity contribution in [2.24, 2.45) is 0 Å². The zero-order valence-electron chi connectivity index (χ0n) is 11.7. The minimum absolute atomic E-state index is 0.0810. The van der Waals surface area contributed by atoms with Crippen molar-refractivity contribution >= 4 is 17.8 Å². The zero-order valence-corrected chi connectivity index (χ0v) is 11.7. The fraction of sp³-hybridized carbons (Fsp3) is 0.375. The molecule has 0 aromatic heterocycles. The summed E-state index contributed by atoms with van der Waals surface area (Å²) in [6.07, 6.45) is -0.0127. The van der Waals surface area contributed by atoms with Gasteiger partial charge in [-0.1, -0.05) is 12.1 Å². The number of halogens is 3. The molecule has 0 amide bonds. The first-order chi connectivity index (χ1) is 10.4. The summed E-state index contributed by atoms with van der Waals surface area (Å²) < 4.78 is 42.3. The maximum atomic E-state index is 12.4. The molecule has 1 unspecified atom stereocenters. The van der Waals surface area contributed by atoms with Crippen molar-refractivity contribution in [1.82, 2.24) is 0 Å². The van der Waals surface area contributed by atoms with E-state index in [4.69, 9.17) is 4.74 Å². The molecule has 1 aliphatic rings. The molecule has 0 aliphatic heterocycles. The second-order valence-electron chi connectivity index (χ2n) is 5.09. The number of hydrogen-bond donors (Lipinski definition) is 0. The number of hydrogen-bond acceptors (Lipinski definition) is 3. The highest BCUT2D eigenvalue weighted by Crippen LogP contribution is 2.29. The summed E-state index contributed by atoms with van der Waals surface area (Å²) in [5.74, 6) is -0.748. The third-order valence-electron chi connectivity index (χ3n) is 3.41. The molecule has 1 atom stereocenters. The van der Waals surface area contributed by atoms with Gasteiger partial charge in [0.15, 0.2) is 11.9 Å². The number of Topliss-reactive ketones (excluding diaryl/α,β-unsaturated/α-hetero) is 1. The molecule has 1 saturated carbocycles. The quantitative estimate of drug-likeness (QED) is 0.630. The van der Waals surface area contributed by atoms with Gasteiger partial charge < -0.3 is 4.74 Å². The van der Waals surface area contributed by atoms with Crippen molar-refractivity contribution in [3.05, 3.63) is 41.5 Å². The van der Waals surface area contributed by atoms with Gasteiger partial charge >= 0.3 is 12.1 Å². The van der Waals surface area contributed by atoms with Crippen LogP contribution in [0.1, 0.15) is 36.8 Å². The number of carbonyl (C=O) groups excluding carboxylic acids is 2. The van der Waals surface area contributed by atoms with E-state index in [0.29, 0.717) is 18.4 Å². The average molecular weight is 312 g/mol. The van der Waals surface area contributed by atoms with Crippen LogP contribution in [-0.4, -0.2) is 17.9 Å². The molecule has 0 heterocycles. The van der Waals surface area contributed by atoms with E-state index in [1.807, 2.05) is 0 Å². The van der Waals surface area contributed by atoms with E-state index in [-0.39, 0.29) is 5.78 Å². The number of alkyl halides is 3. The lowest BCUT2D eigenvalue weighted by Crippen LogP contribution is -2.29. The Hall–Kier alpha value is -2.11. The van der Waals surface area contributed by atoms with Gasteiger partial charge in [0.1, 0.15) is 0 Å². The lowest BCUT2D eigenvalue weighted by Gasteiger charge is -2.19. The van der Waals surface area contributed by atoms with E-state index in [0.717, 1.165) is 31.1 Å². The molecule has 0 radical (unpaired) electrons. The molecule has 0 N–H and O–H groups in total. The zero-order chi connectivity index (χ0) is 16.2. The SMILES string of the molecule is O=C(/C=C/c1ccc(C(F)(F)F)cc1)OC1CCCCC1=O. The molecule has 1 aromatic carbocycles. The summed E-state index contributed by atoms with van der Waals surface area (Å²) in [6, 6.07) is 4.40. The molecule has 6 heteroatoms. The van der Waals surface area contributed by atoms with Gasteiger partial charge in [0.2, 0.25) is 0 Å². The number of benzene rings is 1. The van der Waals surface area contributed by atoms with Crippen LogP contribution >= 0.6 is 0 Å². The molecular weight excluding hydrogens is 297 g/mol. The number of ketones is 1. The number of rotatable bonds is 3. The molecule has 118 valence electrons. The third kappa shape index (κ3) is 4.44. The second kappa shape index (κ2) is 6.77. The van der Waals surface area contributed by atoms with Gasteiger partial charge in [-0.25, -0.2) is 4.79 Å². The third-order valence-corrected chi connectivity index (χ3v) is 3.41. The predicted molar refractivity (Wildman–Crippen MR) is 73.8 cm³/mol. The largest absolute Gasteiger partial charge is 0.451 e. The highest BCUT2D eigenvalue weighted by Gasteiger charge is 2.29. The Morgan fingerprint density at radius 3 is 2.45 bits per heavy atom. The van der Waals surface area contributed by atoms with E-state index in [9.17, 15) is 22.8 Å². The van der Waals surface area contributed by atoms with Crippen LogP contribution in [0.3, 0.4) is 0 Å². The maximum absolute atomic E-state index is 12.4. The van der Waals surface area contributed by atoms with E-state index in [2.05, 4.69) is 0 Å². The normalized spacial score (nSPS) is 19.4. The summed E-state index contributed by atoms with van der Waals surface area (Å²) >= 11 is 0. The van der Waals surface area contributed by atoms with Gasteiger partial charge in [-0.05, 0) is 43.0 Å². The van der Waals surface area contributed by atoms with Crippen molar-refractivity contribution in [1.29, 1.82) is 0 Å². The second-order valence-corrected chi connectivity index (χ2v) is 5.09. The maximum Gasteiger partial charge on any atom is 0.416 e. The first-order valence-electron chi connectivity index (χ1n) is 6.95. The van der Waals surface area contributed by atoms with Gasteiger partial charge in [0.05, 0.1) is 5.56 Å². The molecule has 0 bridgehead atoms. The fourth-order valence-electron chi connectivity index (χ4n) is 2.20. The summed E-state index contributed by atoms with van der Waals surface area (Å²) in [6.45, 7) is 0. The lowest BCUT2D eigenvalue weighted by molar-refractivity contribution is -0.152. The van der Waals surface area contributed by atoms with Crippen LogP contribution in [0.4, 0.5) is 13.2 Å². The van der Waals surface area contributed by atoms with Crippen molar-refractivity contribution in [3.63, 3.8) is 0 Å². The monoisotopic (exact) mass is 312 g/mol. The van der Waals surface area contributed by atoms with Crippen molar-refractivity contribution in [2.45, 2.75) is 38.0 Å². The summed E-state index contributed by atoms with van der Waals surface area (Å²) in [5, 5.41) is 0. The Kier molecular flexibility index (Phi) is 5.00. The van der Waals surface area contributed by atoms with Crippen LogP contribution in [0.15, 0.2) is 30.3 Å². The average Bonchev–Trinajstić information content (AvgIpc) is 2.47. The smallest absolute Gasteiger partial charge is 0.416 e. The van der Waals surface area contributed by atoms with Gasteiger partial charge in [-0.3, -0.25) is 4.79 Å². The van der Waals surface area contributed by atoms with Crippen LogP contribution in [0.5, 0.6) is 0 Å². The molecule has 0 spiro atoms. The predicted octanol–water partition coefficient (Wildman–Crippen LogP) is 3.77. The van der Waals surface area contributed by atoms with Crippen LogP contribution in [0.2, 0.25) is 0 Å². The van der Waals surface area contributed by atoms with Crippen LogP contribution in [0.25, 0.3) is 6.08 Å². The highest BCUT2D eigenvalue weighted by atomic mass is 19.4. The van der Waals surface area contributed by atoms with Gasteiger partial charge in [-0.2, -0.15) is 13.2 Å². The van der Waals surface area contributed by atoms with Crippen LogP contribution in [0, 0.1) is 0 Å². The minimum atomic E-state index is -4.39. The first kappa shape index (κ1) is 16.3. The van der Waals surface area contributed by atoms with Gasteiger partial charge in [-0.15, -0.1) is 0 Å². The summed E-state index contributed by atoms with van der Waals surface area (Å²) in [5.41, 5.74) is -0.306. The molecular formula is C16H15F3O3. The Morgan fingerprint density at radius 1 is 1.18 bits per heavy atom. The van der Waals surface area contributed by atoms with E-state index in [1.165, 1.54) is 18.2 Å². The fourth-order valence-corrected chi connectivity index (χ4v) is 2.20. The Bertz CT molecular complexity index is 573. The number of carbonyl (C=O) groups is 2. The van der Waals surface area contributed by atoms with Gasteiger partial charge in [0.25, 0.3) is 0 Å². The molecule has 2 rings (SSSR count). The minimum Gasteiger partial charge on any atom is -0.451 e. The molecule has 0 saturated heterocycles. The number of esters is 1. The summed E-state index contributed by atoms with van der Waals surface area (Å²) in [4.78, 5) is 23.1. The highest BCUT2D eigenvalue weighted by molar-refractivity contribution is 5.91. The Morgan fingerprint density at radius 2 is 1.86 bits per heavy atom. The Balaban J connectivity index is 1.93. The number of ether oxygens (including phenoxy) is 1. The van der Waals surface area contributed by atoms with Crippen molar-refractivity contribution < 1.29 is 27.5 Å². The molecule has 3 nitrogen and oxygen atoms in total. The van der Waals surface area contributed by atoms with Gasteiger partial charge in [0, 0.05) is 12.5 Å². The first-order valence-corrected chi connectivity index (χ1v) is 6.95. The molecule has 22 heavy (non-hydrogen) atoms. The van der Waals surface area contributed by atoms with E-state index in [1.54, 1.807) is 0 Å². The van der Waals surface area contributed by atoms with Crippen molar-refractivity contribution in [2.75, 3.05) is 0 Å². The topological polar surface area (TPSA) is 43.4 Å². The van der Waals surface area contributed by atoms with Crippen LogP contribution in [-0.2, 0) is 20.5 Å². The van der Waals surface area contributed by atoms with E-state index >= 15 is 0 Å². The summed E-state index contributed by atoms with van der Waals surface area (Å²) in [7, 11) is 0. The lowest BCUT2D eigenvalue weighted by atomic mass is 9.96. The van der Waals surface area contributed by atoms with Crippen molar-refractivity contribution in [3.8, 4) is 0 Å². The van der Waals surface area contributed by atoms with E-state index < -0.39 is 23.8 Å². The molecule has 1 aromatic rings. The Labute approximate surface area is 125 Å². The molecule has 1 aliphatic carbocycles.